The molecule has 1 aliphatic heterocycles. The fourth-order valence-electron chi connectivity index (χ4n) is 3.07. The average Bonchev–Trinajstić information content (AvgIpc) is 2.87. The maximum absolute atomic E-state index is 12.7. The van der Waals surface area contributed by atoms with Gasteiger partial charge in [0.1, 0.15) is 5.82 Å². The Bertz CT molecular complexity index is 1050. The Morgan fingerprint density at radius 2 is 1.83 bits per heavy atom. The van der Waals surface area contributed by atoms with E-state index in [-0.39, 0.29) is 11.5 Å². The first-order valence-electron chi connectivity index (χ1n) is 7.81. The number of H-pyrrole nitrogens is 1. The number of amides is 1. The summed E-state index contributed by atoms with van der Waals surface area (Å²) in [4.78, 5) is 33.8. The van der Waals surface area contributed by atoms with E-state index in [0.717, 1.165) is 11.3 Å². The number of aromatic nitrogens is 2. The van der Waals surface area contributed by atoms with E-state index in [0.29, 0.717) is 28.8 Å². The second kappa shape index (κ2) is 5.45. The summed E-state index contributed by atoms with van der Waals surface area (Å²) in [5.74, 6) is 0.310. The van der Waals surface area contributed by atoms with E-state index < -0.39 is 0 Å². The summed E-state index contributed by atoms with van der Waals surface area (Å²) in [5.41, 5.74) is 2.70. The number of nitrogens with one attached hydrogen (secondary N) is 1. The smallest absolute Gasteiger partial charge is 0.259 e. The van der Waals surface area contributed by atoms with Crippen molar-refractivity contribution in [2.75, 3.05) is 11.4 Å². The molecule has 0 aliphatic carbocycles. The lowest BCUT2D eigenvalue weighted by Gasteiger charge is -2.13. The van der Waals surface area contributed by atoms with Gasteiger partial charge >= 0.3 is 0 Å². The second-order valence-electron chi connectivity index (χ2n) is 5.59. The van der Waals surface area contributed by atoms with Gasteiger partial charge in [-0.1, -0.05) is 30.3 Å². The summed E-state index contributed by atoms with van der Waals surface area (Å²) in [7, 11) is 0. The Morgan fingerprint density at radius 1 is 1.08 bits per heavy atom. The molecule has 1 amide bonds. The number of nitrogens with zero attached hydrogens (tertiary/aromatic N) is 2. The fourth-order valence-corrected chi connectivity index (χ4v) is 3.07. The first-order chi connectivity index (χ1) is 11.7. The number of carbonyl (C=O) groups excluding carboxylic acids is 1. The van der Waals surface area contributed by atoms with Crippen molar-refractivity contribution in [1.82, 2.24) is 9.97 Å². The van der Waals surface area contributed by atoms with Crippen LogP contribution in [-0.2, 0) is 4.79 Å². The van der Waals surface area contributed by atoms with Crippen molar-refractivity contribution in [3.05, 3.63) is 70.3 Å². The molecule has 0 radical (unpaired) electrons. The summed E-state index contributed by atoms with van der Waals surface area (Å²) in [6.45, 7) is 2.53. The first kappa shape index (κ1) is 14.4. The number of likely N-dealkylation sites (N-methyl/N-ethyl adjacent to an activating group) is 1. The first-order valence-corrected chi connectivity index (χ1v) is 7.81. The molecule has 0 bridgehead atoms. The van der Waals surface area contributed by atoms with Crippen LogP contribution in [0, 0.1) is 0 Å². The predicted octanol–water partition coefficient (Wildman–Crippen LogP) is 2.83. The van der Waals surface area contributed by atoms with Gasteiger partial charge in [-0.3, -0.25) is 9.59 Å². The maximum atomic E-state index is 12.7. The Morgan fingerprint density at radius 3 is 2.67 bits per heavy atom. The highest BCUT2D eigenvalue weighted by atomic mass is 16.2. The number of para-hydroxylation sites is 2. The molecule has 1 aromatic heterocycles. The Labute approximate surface area is 138 Å². The van der Waals surface area contributed by atoms with E-state index in [1.165, 1.54) is 0 Å². The van der Waals surface area contributed by atoms with Crippen LogP contribution >= 0.6 is 0 Å². The van der Waals surface area contributed by atoms with Crippen molar-refractivity contribution < 1.29 is 4.79 Å². The lowest BCUT2D eigenvalue weighted by Crippen LogP contribution is -2.25. The summed E-state index contributed by atoms with van der Waals surface area (Å²) < 4.78 is 0. The minimum atomic E-state index is -0.210. The highest BCUT2D eigenvalue weighted by Crippen LogP contribution is 2.36. The van der Waals surface area contributed by atoms with Crippen LogP contribution in [0.25, 0.3) is 22.6 Å². The molecule has 2 aromatic carbocycles. The summed E-state index contributed by atoms with van der Waals surface area (Å²) in [5, 5.41) is 0.535. The van der Waals surface area contributed by atoms with E-state index in [2.05, 4.69) is 9.97 Å². The SMILES string of the molecule is CCN1C(=O)C(=Cc2nc3ccccc3c(=O)[nH]2)c2ccccc21. The van der Waals surface area contributed by atoms with E-state index in [1.807, 2.05) is 37.3 Å². The summed E-state index contributed by atoms with van der Waals surface area (Å²) in [6, 6.07) is 14.8. The monoisotopic (exact) mass is 317 g/mol. The largest absolute Gasteiger partial charge is 0.308 e. The second-order valence-corrected chi connectivity index (χ2v) is 5.59. The van der Waals surface area contributed by atoms with E-state index in [1.54, 1.807) is 29.2 Å². The van der Waals surface area contributed by atoms with Crippen LogP contribution in [-0.4, -0.2) is 22.4 Å². The van der Waals surface area contributed by atoms with Gasteiger partial charge in [0.15, 0.2) is 0 Å². The summed E-state index contributed by atoms with van der Waals surface area (Å²) in [6.07, 6.45) is 1.66. The molecular formula is C19H15N3O2. The van der Waals surface area contributed by atoms with Gasteiger partial charge in [0.25, 0.3) is 11.5 Å². The maximum Gasteiger partial charge on any atom is 0.259 e. The number of rotatable bonds is 2. The number of hydrogen-bond donors (Lipinski definition) is 1. The number of hydrogen-bond acceptors (Lipinski definition) is 3. The van der Waals surface area contributed by atoms with Gasteiger partial charge in [0.05, 0.1) is 22.2 Å². The molecule has 0 saturated heterocycles. The molecule has 0 atom stereocenters. The van der Waals surface area contributed by atoms with Crippen molar-refractivity contribution in [3.63, 3.8) is 0 Å². The highest BCUT2D eigenvalue weighted by Gasteiger charge is 2.30. The van der Waals surface area contributed by atoms with Gasteiger partial charge in [-0.05, 0) is 31.2 Å². The Hall–Kier alpha value is -3.21. The average molecular weight is 317 g/mol. The molecule has 1 N–H and O–H groups in total. The molecule has 0 spiro atoms. The molecule has 0 fully saturated rings. The minimum Gasteiger partial charge on any atom is -0.308 e. The van der Waals surface area contributed by atoms with Crippen molar-refractivity contribution in [1.29, 1.82) is 0 Å². The quantitative estimate of drug-likeness (QED) is 0.739. The third-order valence-electron chi connectivity index (χ3n) is 4.19. The number of anilines is 1. The molecule has 118 valence electrons. The number of fused-ring (bicyclic) bond motifs is 2. The summed E-state index contributed by atoms with van der Waals surface area (Å²) >= 11 is 0. The number of benzene rings is 2. The number of aromatic amines is 1. The predicted molar refractivity (Wildman–Crippen MR) is 94.7 cm³/mol. The molecule has 4 rings (SSSR count). The zero-order valence-electron chi connectivity index (χ0n) is 13.1. The van der Waals surface area contributed by atoms with Crippen LogP contribution in [0.15, 0.2) is 53.3 Å². The molecule has 3 aromatic rings. The van der Waals surface area contributed by atoms with Gasteiger partial charge < -0.3 is 9.88 Å². The van der Waals surface area contributed by atoms with Gasteiger partial charge in [-0.25, -0.2) is 4.98 Å². The molecule has 0 unspecified atom stereocenters. The minimum absolute atomic E-state index is 0.0745. The Kier molecular flexibility index (Phi) is 3.27. The van der Waals surface area contributed by atoms with Gasteiger partial charge in [0.2, 0.25) is 0 Å². The molecule has 2 heterocycles. The lowest BCUT2D eigenvalue weighted by atomic mass is 10.1. The van der Waals surface area contributed by atoms with E-state index in [9.17, 15) is 9.59 Å². The Balaban J connectivity index is 1.90. The van der Waals surface area contributed by atoms with Crippen LogP contribution in [0.2, 0.25) is 0 Å². The third kappa shape index (κ3) is 2.13. The van der Waals surface area contributed by atoms with Crippen LogP contribution in [0.5, 0.6) is 0 Å². The van der Waals surface area contributed by atoms with Crippen LogP contribution in [0.4, 0.5) is 5.69 Å². The van der Waals surface area contributed by atoms with Crippen molar-refractivity contribution >= 4 is 34.1 Å². The van der Waals surface area contributed by atoms with Crippen molar-refractivity contribution in [2.24, 2.45) is 0 Å². The zero-order chi connectivity index (χ0) is 16.7. The van der Waals surface area contributed by atoms with E-state index in [4.69, 9.17) is 0 Å². The molecule has 5 nitrogen and oxygen atoms in total. The van der Waals surface area contributed by atoms with Crippen LogP contribution in [0.3, 0.4) is 0 Å². The standard InChI is InChI=1S/C19H15N3O2/c1-2-22-16-10-6-4-7-12(16)14(19(22)24)11-17-20-15-9-5-3-8-13(15)18(23)21-17/h3-11H,2H2,1H3,(H,20,21,23). The molecule has 5 heteroatoms. The third-order valence-corrected chi connectivity index (χ3v) is 4.19. The van der Waals surface area contributed by atoms with Gasteiger partial charge in [0, 0.05) is 12.1 Å². The normalized spacial score (nSPS) is 15.3. The molecule has 0 saturated carbocycles. The lowest BCUT2D eigenvalue weighted by molar-refractivity contribution is -0.112. The van der Waals surface area contributed by atoms with Crippen molar-refractivity contribution in [3.8, 4) is 0 Å². The fraction of sp³-hybridized carbons (Fsp3) is 0.105. The molecule has 1 aliphatic rings. The zero-order valence-corrected chi connectivity index (χ0v) is 13.1. The molecule has 24 heavy (non-hydrogen) atoms. The number of carbonyl (C=O) groups is 1. The molecular weight excluding hydrogens is 302 g/mol. The van der Waals surface area contributed by atoms with Crippen LogP contribution < -0.4 is 10.5 Å². The van der Waals surface area contributed by atoms with Gasteiger partial charge in [-0.15, -0.1) is 0 Å². The van der Waals surface area contributed by atoms with Gasteiger partial charge in [-0.2, -0.15) is 0 Å². The topological polar surface area (TPSA) is 66.1 Å². The van der Waals surface area contributed by atoms with Crippen molar-refractivity contribution in [2.45, 2.75) is 6.92 Å². The van der Waals surface area contributed by atoms with E-state index >= 15 is 0 Å². The van der Waals surface area contributed by atoms with Crippen LogP contribution in [0.1, 0.15) is 18.3 Å². The highest BCUT2D eigenvalue weighted by molar-refractivity contribution is 6.35.